The Morgan fingerprint density at radius 2 is 1.88 bits per heavy atom. The van der Waals surface area contributed by atoms with Crippen molar-refractivity contribution in [1.82, 2.24) is 4.98 Å². The average molecular weight is 254 g/mol. The van der Waals surface area contributed by atoms with Gasteiger partial charge in [0.2, 0.25) is 0 Å². The summed E-state index contributed by atoms with van der Waals surface area (Å²) in [6, 6.07) is 5.37. The molecule has 0 aliphatic carbocycles. The third-order valence-electron chi connectivity index (χ3n) is 2.76. The van der Waals surface area contributed by atoms with Crippen LogP contribution in [0.1, 0.15) is 11.1 Å². The normalized spacial score (nSPS) is 17.6. The Balaban J connectivity index is 2.34. The molecule has 3 nitrogen and oxygen atoms in total. The molecule has 0 fully saturated rings. The smallest absolute Gasteiger partial charge is 0.158 e. The summed E-state index contributed by atoms with van der Waals surface area (Å²) < 4.78 is 23.0. The van der Waals surface area contributed by atoms with Gasteiger partial charge in [0, 0.05) is 11.6 Å². The van der Waals surface area contributed by atoms with Crippen LogP contribution in [0.4, 0.5) is 0 Å². The fourth-order valence-corrected chi connectivity index (χ4v) is 3.84. The van der Waals surface area contributed by atoms with Gasteiger partial charge in [0.1, 0.15) is 0 Å². The summed E-state index contributed by atoms with van der Waals surface area (Å²) >= 11 is 6.04. The lowest BCUT2D eigenvalue weighted by Crippen LogP contribution is -1.95. The van der Waals surface area contributed by atoms with Crippen LogP contribution in [-0.4, -0.2) is 13.4 Å². The monoisotopic (exact) mass is 253 g/mol. The van der Waals surface area contributed by atoms with E-state index >= 15 is 0 Å². The van der Waals surface area contributed by atoms with E-state index in [1.807, 2.05) is 12.1 Å². The largest absolute Gasteiger partial charge is 0.256 e. The minimum atomic E-state index is -2.97. The highest BCUT2D eigenvalue weighted by Gasteiger charge is 2.25. The van der Waals surface area contributed by atoms with E-state index in [9.17, 15) is 8.42 Å². The van der Waals surface area contributed by atoms with Gasteiger partial charge in [-0.3, -0.25) is 4.98 Å². The molecule has 2 heterocycles. The van der Waals surface area contributed by atoms with Crippen LogP contribution in [0.3, 0.4) is 0 Å². The van der Waals surface area contributed by atoms with Gasteiger partial charge in [0.25, 0.3) is 0 Å². The molecule has 0 radical (unpaired) electrons. The number of nitrogens with zero attached hydrogens (tertiary/aromatic N) is 1. The molecule has 1 aromatic heterocycles. The second-order valence-electron chi connectivity index (χ2n) is 3.96. The van der Waals surface area contributed by atoms with Crippen molar-refractivity contribution in [3.8, 4) is 0 Å². The van der Waals surface area contributed by atoms with Crippen molar-refractivity contribution < 1.29 is 8.42 Å². The molecule has 5 heteroatoms. The highest BCUT2D eigenvalue weighted by atomic mass is 35.5. The molecule has 0 spiro atoms. The highest BCUT2D eigenvalue weighted by molar-refractivity contribution is 7.90. The molecular formula is C11H8ClNO2S. The van der Waals surface area contributed by atoms with Crippen LogP contribution in [0.2, 0.25) is 5.02 Å². The summed E-state index contributed by atoms with van der Waals surface area (Å²) in [5.74, 6) is 0.232. The zero-order valence-electron chi connectivity index (χ0n) is 8.27. The van der Waals surface area contributed by atoms with Crippen LogP contribution in [0.25, 0.3) is 10.9 Å². The molecule has 0 saturated heterocycles. The standard InChI is InChI=1S/C11H8ClNO2S/c12-10-1-2-13-11-4-8-6-16(14,15)5-7(8)3-9(10)11/h1-4H,5-6H2. The third-order valence-corrected chi connectivity index (χ3v) is 4.59. The number of halogens is 1. The summed E-state index contributed by atoms with van der Waals surface area (Å²) in [6.45, 7) is 0. The predicted molar refractivity (Wildman–Crippen MR) is 63.1 cm³/mol. The number of benzene rings is 1. The van der Waals surface area contributed by atoms with Gasteiger partial charge in [-0.15, -0.1) is 0 Å². The molecule has 2 aromatic rings. The van der Waals surface area contributed by atoms with Crippen molar-refractivity contribution in [2.45, 2.75) is 11.5 Å². The summed E-state index contributed by atoms with van der Waals surface area (Å²) in [7, 11) is -2.97. The fourth-order valence-electron chi connectivity index (χ4n) is 2.04. The van der Waals surface area contributed by atoms with Crippen molar-refractivity contribution in [2.75, 3.05) is 0 Å². The number of fused-ring (bicyclic) bond motifs is 2. The van der Waals surface area contributed by atoms with E-state index in [4.69, 9.17) is 11.6 Å². The van der Waals surface area contributed by atoms with Gasteiger partial charge in [-0.25, -0.2) is 8.42 Å². The Kier molecular flexibility index (Phi) is 2.00. The Bertz CT molecular complexity index is 694. The maximum atomic E-state index is 11.5. The quantitative estimate of drug-likeness (QED) is 0.724. The minimum absolute atomic E-state index is 0.115. The Labute approximate surface area is 98.0 Å². The molecule has 0 N–H and O–H groups in total. The molecule has 3 rings (SSSR count). The zero-order chi connectivity index (χ0) is 11.3. The summed E-state index contributed by atoms with van der Waals surface area (Å²) in [6.07, 6.45) is 1.63. The van der Waals surface area contributed by atoms with Crippen LogP contribution in [-0.2, 0) is 21.3 Å². The molecular weight excluding hydrogens is 246 g/mol. The first-order chi connectivity index (χ1) is 7.55. The molecule has 82 valence electrons. The number of rotatable bonds is 0. The molecule has 0 saturated carbocycles. The van der Waals surface area contributed by atoms with Crippen molar-refractivity contribution in [2.24, 2.45) is 0 Å². The van der Waals surface area contributed by atoms with E-state index in [2.05, 4.69) is 4.98 Å². The lowest BCUT2D eigenvalue weighted by molar-refractivity contribution is 0.598. The molecule has 0 atom stereocenters. The van der Waals surface area contributed by atoms with Gasteiger partial charge < -0.3 is 0 Å². The van der Waals surface area contributed by atoms with Gasteiger partial charge in [-0.05, 0) is 29.3 Å². The molecule has 0 unspecified atom stereocenters. The summed E-state index contributed by atoms with van der Waals surface area (Å²) in [5.41, 5.74) is 2.45. The molecule has 1 aliphatic heterocycles. The van der Waals surface area contributed by atoms with Crippen molar-refractivity contribution in [3.05, 3.63) is 40.5 Å². The zero-order valence-corrected chi connectivity index (χ0v) is 9.85. The molecule has 1 aliphatic rings. The summed E-state index contributed by atoms with van der Waals surface area (Å²) in [5, 5.41) is 1.43. The van der Waals surface area contributed by atoms with E-state index in [0.29, 0.717) is 5.02 Å². The second kappa shape index (κ2) is 3.18. The number of aromatic nitrogens is 1. The summed E-state index contributed by atoms with van der Waals surface area (Å²) in [4.78, 5) is 4.19. The maximum absolute atomic E-state index is 11.5. The fraction of sp³-hybridized carbons (Fsp3) is 0.182. The maximum Gasteiger partial charge on any atom is 0.158 e. The van der Waals surface area contributed by atoms with Crippen LogP contribution in [0, 0.1) is 0 Å². The average Bonchev–Trinajstić information content (AvgIpc) is 2.48. The van der Waals surface area contributed by atoms with Crippen molar-refractivity contribution in [1.29, 1.82) is 0 Å². The molecule has 0 amide bonds. The lowest BCUT2D eigenvalue weighted by atomic mass is 10.1. The number of hydrogen-bond donors (Lipinski definition) is 0. The molecule has 0 bridgehead atoms. The Hall–Kier alpha value is -1.13. The first-order valence-electron chi connectivity index (χ1n) is 4.82. The van der Waals surface area contributed by atoms with E-state index in [-0.39, 0.29) is 11.5 Å². The van der Waals surface area contributed by atoms with Crippen LogP contribution >= 0.6 is 11.6 Å². The number of sulfone groups is 1. The van der Waals surface area contributed by atoms with Gasteiger partial charge in [0.05, 0.1) is 22.0 Å². The molecule has 1 aromatic carbocycles. The second-order valence-corrected chi connectivity index (χ2v) is 6.43. The Morgan fingerprint density at radius 1 is 1.19 bits per heavy atom. The van der Waals surface area contributed by atoms with Gasteiger partial charge in [-0.2, -0.15) is 0 Å². The van der Waals surface area contributed by atoms with Gasteiger partial charge in [-0.1, -0.05) is 11.6 Å². The van der Waals surface area contributed by atoms with E-state index in [1.54, 1.807) is 12.3 Å². The Morgan fingerprint density at radius 3 is 2.62 bits per heavy atom. The molecule has 16 heavy (non-hydrogen) atoms. The number of hydrogen-bond acceptors (Lipinski definition) is 3. The van der Waals surface area contributed by atoms with E-state index < -0.39 is 9.84 Å². The van der Waals surface area contributed by atoms with Gasteiger partial charge in [0.15, 0.2) is 9.84 Å². The SMILES string of the molecule is O=S1(=O)Cc2cc3nccc(Cl)c3cc2C1. The highest BCUT2D eigenvalue weighted by Crippen LogP contribution is 2.31. The van der Waals surface area contributed by atoms with Crippen LogP contribution < -0.4 is 0 Å². The predicted octanol–water partition coefficient (Wildman–Crippen LogP) is 2.32. The third kappa shape index (κ3) is 1.49. The van der Waals surface area contributed by atoms with Gasteiger partial charge >= 0.3 is 0 Å². The van der Waals surface area contributed by atoms with Crippen molar-refractivity contribution >= 4 is 32.3 Å². The van der Waals surface area contributed by atoms with Crippen LogP contribution in [0.5, 0.6) is 0 Å². The first-order valence-corrected chi connectivity index (χ1v) is 7.01. The van der Waals surface area contributed by atoms with E-state index in [0.717, 1.165) is 22.0 Å². The minimum Gasteiger partial charge on any atom is -0.256 e. The van der Waals surface area contributed by atoms with Crippen LogP contribution in [0.15, 0.2) is 24.4 Å². The first kappa shape index (κ1) is 10.1. The topological polar surface area (TPSA) is 47.0 Å². The number of pyridine rings is 1. The van der Waals surface area contributed by atoms with Crippen molar-refractivity contribution in [3.63, 3.8) is 0 Å². The van der Waals surface area contributed by atoms with E-state index in [1.165, 1.54) is 0 Å². The lowest BCUT2D eigenvalue weighted by Gasteiger charge is -2.02.